The molecule has 6 nitrogen and oxygen atoms in total. The van der Waals surface area contributed by atoms with Crippen LogP contribution < -0.4 is 5.32 Å². The van der Waals surface area contributed by atoms with Crippen LogP contribution in [0.3, 0.4) is 0 Å². The first-order chi connectivity index (χ1) is 8.23. The second kappa shape index (κ2) is 5.53. The van der Waals surface area contributed by atoms with E-state index >= 15 is 0 Å². The topological polar surface area (TPSA) is 77.5 Å². The maximum Gasteiger partial charge on any atom is 0.413 e. The molecule has 0 aliphatic rings. The van der Waals surface area contributed by atoms with E-state index in [1.165, 1.54) is 7.11 Å². The third kappa shape index (κ3) is 4.15. The number of thiazole rings is 1. The first kappa shape index (κ1) is 14.7. The summed E-state index contributed by atoms with van der Waals surface area (Å²) in [6, 6.07) is 0. The van der Waals surface area contributed by atoms with Crippen LogP contribution in [0.4, 0.5) is 10.6 Å². The Labute approximate surface area is 113 Å². The van der Waals surface area contributed by atoms with E-state index in [2.05, 4.69) is 15.0 Å². The van der Waals surface area contributed by atoms with E-state index in [-0.39, 0.29) is 15.2 Å². The van der Waals surface area contributed by atoms with Crippen LogP contribution >= 0.6 is 22.9 Å². The lowest BCUT2D eigenvalue weighted by molar-refractivity contribution is 0.0607. The van der Waals surface area contributed by atoms with Crippen LogP contribution in [0.5, 0.6) is 0 Å². The number of hydrogen-bond donors (Lipinski definition) is 1. The van der Waals surface area contributed by atoms with Crippen LogP contribution in [-0.2, 0) is 9.47 Å². The average Bonchev–Trinajstić information content (AvgIpc) is 2.55. The van der Waals surface area contributed by atoms with Crippen LogP contribution in [0, 0.1) is 0 Å². The molecule has 0 atom stereocenters. The number of halogens is 1. The molecule has 1 aromatic rings. The molecular formula is C10H13ClN2O4S. The number of ether oxygens (including phenoxy) is 2. The average molecular weight is 293 g/mol. The van der Waals surface area contributed by atoms with Crippen molar-refractivity contribution in [2.45, 2.75) is 26.4 Å². The fraction of sp³-hybridized carbons (Fsp3) is 0.500. The summed E-state index contributed by atoms with van der Waals surface area (Å²) in [6.45, 7) is 5.17. The van der Waals surface area contributed by atoms with Crippen LogP contribution in [0.15, 0.2) is 0 Å². The van der Waals surface area contributed by atoms with Gasteiger partial charge in [-0.1, -0.05) is 22.9 Å². The maximum absolute atomic E-state index is 11.5. The number of hydrogen-bond acceptors (Lipinski definition) is 6. The van der Waals surface area contributed by atoms with Gasteiger partial charge < -0.3 is 9.47 Å². The summed E-state index contributed by atoms with van der Waals surface area (Å²) in [5, 5.41) is 2.36. The van der Waals surface area contributed by atoms with E-state index in [1.807, 2.05) is 0 Å². The van der Waals surface area contributed by atoms with E-state index in [9.17, 15) is 9.59 Å². The van der Waals surface area contributed by atoms with Gasteiger partial charge in [0.15, 0.2) is 15.2 Å². The lowest BCUT2D eigenvalue weighted by Crippen LogP contribution is -2.27. The van der Waals surface area contributed by atoms with Gasteiger partial charge in [0.25, 0.3) is 0 Å². The van der Waals surface area contributed by atoms with Crippen molar-refractivity contribution in [3.63, 3.8) is 0 Å². The molecule has 1 heterocycles. The lowest BCUT2D eigenvalue weighted by atomic mass is 10.2. The predicted octanol–water partition coefficient (Wildman–Crippen LogP) is 2.93. The molecule has 0 bridgehead atoms. The zero-order valence-electron chi connectivity index (χ0n) is 10.4. The van der Waals surface area contributed by atoms with E-state index in [0.717, 1.165) is 11.3 Å². The number of rotatable bonds is 2. The Morgan fingerprint density at radius 3 is 2.50 bits per heavy atom. The first-order valence-corrected chi connectivity index (χ1v) is 6.17. The van der Waals surface area contributed by atoms with Crippen molar-refractivity contribution in [3.05, 3.63) is 9.34 Å². The SMILES string of the molecule is COC(=O)c1sc(Cl)nc1NC(=O)OC(C)(C)C. The van der Waals surface area contributed by atoms with Crippen molar-refractivity contribution in [1.29, 1.82) is 0 Å². The highest BCUT2D eigenvalue weighted by atomic mass is 35.5. The maximum atomic E-state index is 11.5. The molecule has 0 spiro atoms. The van der Waals surface area contributed by atoms with Crippen LogP contribution in [0.1, 0.15) is 30.4 Å². The van der Waals surface area contributed by atoms with Crippen LogP contribution in [0.2, 0.25) is 4.47 Å². The van der Waals surface area contributed by atoms with Crippen molar-refractivity contribution in [2.24, 2.45) is 0 Å². The summed E-state index contributed by atoms with van der Waals surface area (Å²) in [7, 11) is 1.23. The van der Waals surface area contributed by atoms with Gasteiger partial charge in [-0.15, -0.1) is 0 Å². The van der Waals surface area contributed by atoms with Gasteiger partial charge in [0.05, 0.1) is 7.11 Å². The van der Waals surface area contributed by atoms with E-state index < -0.39 is 17.7 Å². The van der Waals surface area contributed by atoms with Crippen molar-refractivity contribution in [2.75, 3.05) is 12.4 Å². The second-order valence-electron chi connectivity index (χ2n) is 4.26. The fourth-order valence-corrected chi connectivity index (χ4v) is 1.99. The number of carbonyl (C=O) groups excluding carboxylic acids is 2. The van der Waals surface area contributed by atoms with E-state index in [0.29, 0.717) is 0 Å². The highest BCUT2D eigenvalue weighted by Gasteiger charge is 2.22. The summed E-state index contributed by atoms with van der Waals surface area (Å²) in [4.78, 5) is 26.9. The van der Waals surface area contributed by atoms with E-state index in [1.54, 1.807) is 20.8 Å². The minimum Gasteiger partial charge on any atom is -0.465 e. The fourth-order valence-electron chi connectivity index (χ4n) is 1.01. The normalized spacial score (nSPS) is 10.9. The Hall–Kier alpha value is -1.34. The highest BCUT2D eigenvalue weighted by molar-refractivity contribution is 7.18. The van der Waals surface area contributed by atoms with Gasteiger partial charge in [0.1, 0.15) is 5.60 Å². The Morgan fingerprint density at radius 1 is 1.39 bits per heavy atom. The first-order valence-electron chi connectivity index (χ1n) is 4.97. The van der Waals surface area contributed by atoms with Gasteiger partial charge in [0.2, 0.25) is 0 Å². The minimum absolute atomic E-state index is 0.0334. The molecule has 100 valence electrons. The molecule has 1 rings (SSSR count). The third-order valence-corrected chi connectivity index (χ3v) is 2.73. The number of nitrogens with one attached hydrogen (secondary N) is 1. The summed E-state index contributed by atoms with van der Waals surface area (Å²) in [5.74, 6) is -0.587. The van der Waals surface area contributed by atoms with Crippen LogP contribution in [-0.4, -0.2) is 29.8 Å². The molecule has 1 amide bonds. The van der Waals surface area contributed by atoms with Crippen molar-refractivity contribution >= 4 is 40.8 Å². The molecule has 0 radical (unpaired) electrons. The highest BCUT2D eigenvalue weighted by Crippen LogP contribution is 2.27. The quantitative estimate of drug-likeness (QED) is 0.848. The third-order valence-electron chi connectivity index (χ3n) is 1.59. The Kier molecular flexibility index (Phi) is 4.53. The lowest BCUT2D eigenvalue weighted by Gasteiger charge is -2.19. The minimum atomic E-state index is -0.713. The molecule has 18 heavy (non-hydrogen) atoms. The second-order valence-corrected chi connectivity index (χ2v) is 5.84. The number of amides is 1. The molecule has 1 aromatic heterocycles. The number of esters is 1. The molecule has 0 aliphatic heterocycles. The van der Waals surface area contributed by atoms with Gasteiger partial charge in [-0.05, 0) is 20.8 Å². The zero-order chi connectivity index (χ0) is 13.9. The van der Waals surface area contributed by atoms with Gasteiger partial charge in [0, 0.05) is 0 Å². The molecule has 0 aromatic carbocycles. The largest absolute Gasteiger partial charge is 0.465 e. The predicted molar refractivity (Wildman–Crippen MR) is 68.3 cm³/mol. The van der Waals surface area contributed by atoms with Gasteiger partial charge >= 0.3 is 12.1 Å². The summed E-state index contributed by atoms with van der Waals surface area (Å²) >= 11 is 6.61. The van der Waals surface area contributed by atoms with Crippen molar-refractivity contribution in [3.8, 4) is 0 Å². The van der Waals surface area contributed by atoms with Crippen LogP contribution in [0.25, 0.3) is 0 Å². The van der Waals surface area contributed by atoms with Gasteiger partial charge in [-0.25, -0.2) is 14.6 Å². The Morgan fingerprint density at radius 2 is 2.00 bits per heavy atom. The molecular weight excluding hydrogens is 280 g/mol. The molecule has 0 aliphatic carbocycles. The molecule has 0 saturated carbocycles. The monoisotopic (exact) mass is 292 g/mol. The number of methoxy groups -OCH3 is 1. The number of aromatic nitrogens is 1. The number of carbonyl (C=O) groups is 2. The Bertz CT molecular complexity index is 467. The number of nitrogens with zero attached hydrogens (tertiary/aromatic N) is 1. The number of anilines is 1. The van der Waals surface area contributed by atoms with Gasteiger partial charge in [-0.2, -0.15) is 0 Å². The summed E-state index contributed by atoms with van der Waals surface area (Å²) < 4.78 is 9.72. The molecule has 0 saturated heterocycles. The molecule has 8 heteroatoms. The molecule has 0 fully saturated rings. The summed E-state index contributed by atoms with van der Waals surface area (Å²) in [6.07, 6.45) is -0.713. The molecule has 1 N–H and O–H groups in total. The smallest absolute Gasteiger partial charge is 0.413 e. The van der Waals surface area contributed by atoms with Crippen molar-refractivity contribution < 1.29 is 19.1 Å². The van der Waals surface area contributed by atoms with Gasteiger partial charge in [-0.3, -0.25) is 5.32 Å². The van der Waals surface area contributed by atoms with Crippen molar-refractivity contribution in [1.82, 2.24) is 4.98 Å². The van der Waals surface area contributed by atoms with E-state index in [4.69, 9.17) is 16.3 Å². The standard InChI is InChI=1S/C10H13ClN2O4S/c1-10(2,3)17-9(15)13-6-5(7(14)16-4)18-8(11)12-6/h1-4H3,(H,13,15). The molecule has 0 unspecified atom stereocenters. The zero-order valence-corrected chi connectivity index (χ0v) is 11.9. The Balaban J connectivity index is 2.84. The summed E-state index contributed by atoms with van der Waals surface area (Å²) in [5.41, 5.74) is -0.644.